The van der Waals surface area contributed by atoms with Gasteiger partial charge in [-0.25, -0.2) is 9.59 Å². The van der Waals surface area contributed by atoms with E-state index in [1.807, 2.05) is 0 Å². The van der Waals surface area contributed by atoms with Crippen molar-refractivity contribution < 1.29 is 66.4 Å². The van der Waals surface area contributed by atoms with Crippen LogP contribution in [-0.2, 0) is 51.7 Å². The van der Waals surface area contributed by atoms with Crippen molar-refractivity contribution in [3.63, 3.8) is 0 Å². The Hall–Kier alpha value is -6.00. The first-order valence-corrected chi connectivity index (χ1v) is 33.6. The summed E-state index contributed by atoms with van der Waals surface area (Å²) < 4.78 is 47.7. The quantitative estimate of drug-likeness (QED) is 0.0192. The molecule has 3 aromatic carbocycles. The third kappa shape index (κ3) is 11.3. The van der Waals surface area contributed by atoms with Crippen LogP contribution in [0.15, 0.2) is 101 Å². The molecule has 11 atom stereocenters. The fourth-order valence-corrected chi connectivity index (χ4v) is 22.9. The third-order valence-electron chi connectivity index (χ3n) is 19.0. The van der Waals surface area contributed by atoms with Gasteiger partial charge >= 0.3 is 23.9 Å². The second kappa shape index (κ2) is 24.7. The normalized spacial score (nSPS) is 27.5. The molecule has 0 unspecified atom stereocenters. The summed E-state index contributed by atoms with van der Waals surface area (Å²) in [6, 6.07) is 23.9. The highest BCUT2D eigenvalue weighted by atomic mass is 28.4. The van der Waals surface area contributed by atoms with E-state index in [1.54, 1.807) is 88.4 Å². The highest BCUT2D eigenvalue weighted by Gasteiger charge is 2.79. The van der Waals surface area contributed by atoms with Crippen LogP contribution in [0.25, 0.3) is 10.4 Å². The van der Waals surface area contributed by atoms with Crippen LogP contribution in [-0.4, -0.2) is 112 Å². The molecule has 3 aromatic rings. The van der Waals surface area contributed by atoms with Crippen molar-refractivity contribution in [1.29, 1.82) is 0 Å². The second-order valence-electron chi connectivity index (χ2n) is 24.5. The first-order chi connectivity index (χ1) is 38.6. The number of benzene rings is 3. The highest BCUT2D eigenvalue weighted by molar-refractivity contribution is 6.77. The lowest BCUT2D eigenvalue weighted by Crippen LogP contribution is -2.82. The van der Waals surface area contributed by atoms with Crippen molar-refractivity contribution in [3.05, 3.63) is 123 Å². The molecule has 3 fully saturated rings. The number of azide groups is 1. The van der Waals surface area contributed by atoms with Crippen LogP contribution in [0.3, 0.4) is 0 Å². The Bertz CT molecular complexity index is 2920. The molecule has 1 heterocycles. The van der Waals surface area contributed by atoms with Crippen LogP contribution >= 0.6 is 0 Å². The number of hydrogen-bond donors (Lipinski definition) is 2. The van der Waals surface area contributed by atoms with Gasteiger partial charge in [-0.3, -0.25) is 19.2 Å². The molecule has 18 nitrogen and oxygen atoms in total. The van der Waals surface area contributed by atoms with E-state index < -0.39 is 129 Å². The van der Waals surface area contributed by atoms with Gasteiger partial charge in [0.1, 0.15) is 23.9 Å². The maximum Gasteiger partial charge on any atom is 0.338 e. The largest absolute Gasteiger partial charge is 0.456 e. The fourth-order valence-electron chi connectivity index (χ4n) is 14.5. The predicted molar refractivity (Wildman–Crippen MR) is 312 cm³/mol. The van der Waals surface area contributed by atoms with Gasteiger partial charge in [0.05, 0.1) is 35.6 Å². The van der Waals surface area contributed by atoms with Crippen molar-refractivity contribution in [3.8, 4) is 0 Å². The molecular formula is C62H84N4O14Si2. The number of Topliss-reactive ketones (excluding diaryl/α,β-unsaturated/α-hetero) is 1. The van der Waals surface area contributed by atoms with Crippen molar-refractivity contribution in [2.75, 3.05) is 6.61 Å². The molecule has 7 rings (SSSR count). The maximum absolute atomic E-state index is 16.7. The number of esters is 4. The first kappa shape index (κ1) is 63.6. The van der Waals surface area contributed by atoms with Crippen molar-refractivity contribution >= 4 is 57.9 Å². The zero-order valence-electron chi connectivity index (χ0n) is 50.3. The molecule has 1 saturated heterocycles. The highest BCUT2D eigenvalue weighted by Crippen LogP contribution is 2.65. The number of ether oxygens (including phenoxy) is 5. The molecule has 3 aliphatic carbocycles. The monoisotopic (exact) mass is 1160 g/mol. The lowest BCUT2D eigenvalue weighted by atomic mass is 9.44. The Labute approximate surface area is 484 Å². The van der Waals surface area contributed by atoms with Gasteiger partial charge in [0.15, 0.2) is 31.9 Å². The molecule has 2 N–H and O–H groups in total. The number of ketones is 1. The Morgan fingerprint density at radius 1 is 0.805 bits per heavy atom. The molecule has 2 bridgehead atoms. The molecule has 2 saturated carbocycles. The molecule has 1 amide bonds. The molecule has 20 heteroatoms. The predicted octanol–water partition coefficient (Wildman–Crippen LogP) is 11.9. The minimum Gasteiger partial charge on any atom is -0.456 e. The number of aliphatic hydroxyl groups is 1. The zero-order valence-corrected chi connectivity index (χ0v) is 52.3. The van der Waals surface area contributed by atoms with E-state index in [-0.39, 0.29) is 57.6 Å². The number of rotatable bonds is 21. The number of amides is 1. The topological polar surface area (TPSA) is 248 Å². The SMILES string of the molecule is CC[Si](CC)(CC)O[C@H]1C[C@H]2OC[C@@]2(OC(C)=O)[C@H]2[C@H](OC(=O)c3ccccc3)[C@]3(O)C[C@H](OC(=O)[C@H](O[Si](C(C)C)(C(C)C)C(C)C)[C@@H](NC(=O)c4ccc(N=[N+]=[N-])cc4)c4ccccc4)C(C)=C([C@@H](OC(C)=O)C(=O)[C@]12C)C3(C)C. The smallest absolute Gasteiger partial charge is 0.338 e. The van der Waals surface area contributed by atoms with Crippen LogP contribution in [0.5, 0.6) is 0 Å². The molecule has 0 radical (unpaired) electrons. The van der Waals surface area contributed by atoms with Gasteiger partial charge in [0, 0.05) is 48.3 Å². The lowest BCUT2D eigenvalue weighted by molar-refractivity contribution is -0.344. The van der Waals surface area contributed by atoms with Gasteiger partial charge in [0.25, 0.3) is 5.91 Å². The van der Waals surface area contributed by atoms with Gasteiger partial charge < -0.3 is 43.0 Å². The number of nitrogens with one attached hydrogen (secondary N) is 1. The average Bonchev–Trinajstić information content (AvgIpc) is 0.709. The van der Waals surface area contributed by atoms with Crippen molar-refractivity contribution in [2.24, 2.45) is 21.9 Å². The third-order valence-corrected chi connectivity index (χ3v) is 29.8. The van der Waals surface area contributed by atoms with E-state index in [9.17, 15) is 19.5 Å². The van der Waals surface area contributed by atoms with Crippen LogP contribution < -0.4 is 5.32 Å². The number of carbonyl (C=O) groups is 6. The van der Waals surface area contributed by atoms with Gasteiger partial charge in [-0.2, -0.15) is 0 Å². The van der Waals surface area contributed by atoms with E-state index in [0.29, 0.717) is 23.7 Å². The van der Waals surface area contributed by atoms with Crippen molar-refractivity contribution in [1.82, 2.24) is 5.32 Å². The summed E-state index contributed by atoms with van der Waals surface area (Å²) in [5, 5.41) is 21.3. The van der Waals surface area contributed by atoms with Gasteiger partial charge in [-0.1, -0.05) is 142 Å². The van der Waals surface area contributed by atoms with E-state index >= 15 is 14.4 Å². The van der Waals surface area contributed by atoms with Gasteiger partial charge in [0.2, 0.25) is 8.32 Å². The summed E-state index contributed by atoms with van der Waals surface area (Å²) in [7, 11) is -5.81. The van der Waals surface area contributed by atoms with Crippen LogP contribution in [0.2, 0.25) is 34.8 Å². The van der Waals surface area contributed by atoms with Crippen LogP contribution in [0.1, 0.15) is 149 Å². The standard InChI is InChI=1S/C62H84N4O14Si2/c1-16-81(17-2,18-3)79-47-33-48-61(35-74-48,78-41(12)68)53-55(77-57(71)44-27-23-20-24-28-44)62(73)34-46(39(10)49(59(62,13)14)51(75-40(11)67)54(69)60(47,53)15)76-58(72)52(80-82(36(4)5,37(6)7)38(8)9)50(42-25-21-19-22-26-42)64-56(70)43-29-31-45(32-30-43)65-66-63/h19-32,36-38,46-48,50-53,55,73H,16-18,33-35H2,1-15H3,(H,64,70)/t46-,47-,48+,50-,51+,52+,53-,55-,60+,61-,62+/m0/s1. The maximum atomic E-state index is 16.7. The fraction of sp³-hybridized carbons (Fsp3) is 0.581. The van der Waals surface area contributed by atoms with Crippen LogP contribution in [0.4, 0.5) is 5.69 Å². The second-order valence-corrected chi connectivity index (χ2v) is 34.6. The summed E-state index contributed by atoms with van der Waals surface area (Å²) in [5.74, 6) is -6.00. The van der Waals surface area contributed by atoms with E-state index in [1.165, 1.54) is 38.1 Å². The summed E-state index contributed by atoms with van der Waals surface area (Å²) in [6.07, 6.45) is -8.84. The van der Waals surface area contributed by atoms with Crippen LogP contribution in [0, 0.1) is 16.7 Å². The Morgan fingerprint density at radius 3 is 1.88 bits per heavy atom. The summed E-state index contributed by atoms with van der Waals surface area (Å²) in [5.41, 5.74) is 2.73. The van der Waals surface area contributed by atoms with Gasteiger partial charge in [-0.15, -0.1) is 0 Å². The summed E-state index contributed by atoms with van der Waals surface area (Å²) in [6.45, 7) is 27.4. The van der Waals surface area contributed by atoms with E-state index in [2.05, 4.69) is 77.7 Å². The number of carbonyl (C=O) groups excluding carboxylic acids is 6. The number of fused-ring (bicyclic) bond motifs is 5. The van der Waals surface area contributed by atoms with Gasteiger partial charge in [-0.05, 0) is 95.1 Å². The Balaban J connectivity index is 1.51. The molecule has 4 aliphatic rings. The number of hydrogen-bond acceptors (Lipinski definition) is 15. The van der Waals surface area contributed by atoms with E-state index in [0.717, 1.165) is 0 Å². The molecular weight excluding hydrogens is 1080 g/mol. The Morgan fingerprint density at radius 2 is 1.38 bits per heavy atom. The summed E-state index contributed by atoms with van der Waals surface area (Å²) in [4.78, 5) is 92.7. The molecule has 0 spiro atoms. The van der Waals surface area contributed by atoms with Crippen molar-refractivity contribution in [2.45, 2.75) is 205 Å². The average molecular weight is 1170 g/mol. The minimum absolute atomic E-state index is 0.0719. The molecule has 1 aliphatic heterocycles. The lowest BCUT2D eigenvalue weighted by Gasteiger charge is -2.68. The van der Waals surface area contributed by atoms with E-state index in [4.69, 9.17) is 38.1 Å². The molecule has 82 heavy (non-hydrogen) atoms. The summed E-state index contributed by atoms with van der Waals surface area (Å²) >= 11 is 0. The zero-order chi connectivity index (χ0) is 60.5. The number of nitrogens with zero attached hydrogens (tertiary/aromatic N) is 3. The Kier molecular flexibility index (Phi) is 19.1. The first-order valence-electron chi connectivity index (χ1n) is 28.9. The molecule has 444 valence electrons. The minimum atomic E-state index is -3.13. The molecule has 0 aromatic heterocycles.